The van der Waals surface area contributed by atoms with Crippen LogP contribution in [-0.4, -0.2) is 19.1 Å². The SMILES string of the molecule is COc1ccc(Br)c(CC(C)(C)NC=O)c1. The summed E-state index contributed by atoms with van der Waals surface area (Å²) in [5.41, 5.74) is 0.843. The van der Waals surface area contributed by atoms with Gasteiger partial charge in [0.1, 0.15) is 5.75 Å². The molecule has 16 heavy (non-hydrogen) atoms. The second kappa shape index (κ2) is 5.34. The van der Waals surface area contributed by atoms with Crippen LogP contribution in [0, 0.1) is 0 Å². The maximum Gasteiger partial charge on any atom is 0.207 e. The summed E-state index contributed by atoms with van der Waals surface area (Å²) in [6, 6.07) is 5.82. The van der Waals surface area contributed by atoms with Crippen LogP contribution >= 0.6 is 15.9 Å². The number of carbonyl (C=O) groups excluding carboxylic acids is 1. The van der Waals surface area contributed by atoms with Crippen molar-refractivity contribution in [1.29, 1.82) is 0 Å². The minimum Gasteiger partial charge on any atom is -0.497 e. The van der Waals surface area contributed by atoms with Crippen molar-refractivity contribution in [3.63, 3.8) is 0 Å². The summed E-state index contributed by atoms with van der Waals surface area (Å²) in [5.74, 6) is 0.820. The van der Waals surface area contributed by atoms with Crippen molar-refractivity contribution in [2.24, 2.45) is 0 Å². The standard InChI is InChI=1S/C12H16BrNO2/c1-12(2,14-8-15)7-9-6-10(16-3)4-5-11(9)13/h4-6,8H,7H2,1-3H3,(H,14,15). The van der Waals surface area contributed by atoms with Crippen molar-refractivity contribution >= 4 is 22.3 Å². The summed E-state index contributed by atoms with van der Waals surface area (Å²) in [7, 11) is 1.64. The molecule has 0 heterocycles. The van der Waals surface area contributed by atoms with Gasteiger partial charge in [-0.15, -0.1) is 0 Å². The number of rotatable bonds is 5. The number of ether oxygens (including phenoxy) is 1. The Morgan fingerprint density at radius 1 is 1.50 bits per heavy atom. The van der Waals surface area contributed by atoms with E-state index in [1.54, 1.807) is 7.11 Å². The van der Waals surface area contributed by atoms with E-state index in [0.29, 0.717) is 0 Å². The molecule has 0 aliphatic rings. The first kappa shape index (κ1) is 13.0. The largest absolute Gasteiger partial charge is 0.497 e. The molecule has 4 heteroatoms. The van der Waals surface area contributed by atoms with Gasteiger partial charge in [0.15, 0.2) is 0 Å². The molecule has 1 rings (SSSR count). The van der Waals surface area contributed by atoms with E-state index >= 15 is 0 Å². The zero-order valence-electron chi connectivity index (χ0n) is 9.71. The number of benzene rings is 1. The van der Waals surface area contributed by atoms with Gasteiger partial charge in [0.2, 0.25) is 6.41 Å². The number of nitrogens with one attached hydrogen (secondary N) is 1. The Hall–Kier alpha value is -1.03. The molecular weight excluding hydrogens is 270 g/mol. The summed E-state index contributed by atoms with van der Waals surface area (Å²) in [4.78, 5) is 10.5. The molecule has 0 aromatic heterocycles. The van der Waals surface area contributed by atoms with Crippen molar-refractivity contribution in [1.82, 2.24) is 5.32 Å². The van der Waals surface area contributed by atoms with Crippen LogP contribution in [0.2, 0.25) is 0 Å². The van der Waals surface area contributed by atoms with Crippen molar-refractivity contribution in [3.05, 3.63) is 28.2 Å². The van der Waals surface area contributed by atoms with Gasteiger partial charge >= 0.3 is 0 Å². The third-order valence-electron chi connectivity index (χ3n) is 2.33. The summed E-state index contributed by atoms with van der Waals surface area (Å²) in [6.07, 6.45) is 1.47. The lowest BCUT2D eigenvalue weighted by atomic mass is 9.95. The van der Waals surface area contributed by atoms with E-state index in [1.165, 1.54) is 0 Å². The Labute approximate surface area is 104 Å². The molecule has 0 saturated heterocycles. The van der Waals surface area contributed by atoms with Crippen molar-refractivity contribution in [2.45, 2.75) is 25.8 Å². The molecule has 0 aliphatic carbocycles. The van der Waals surface area contributed by atoms with Crippen LogP contribution in [0.1, 0.15) is 19.4 Å². The van der Waals surface area contributed by atoms with Crippen LogP contribution < -0.4 is 10.1 Å². The fourth-order valence-electron chi connectivity index (χ4n) is 1.50. The Morgan fingerprint density at radius 3 is 2.75 bits per heavy atom. The molecule has 0 saturated carbocycles. The normalized spacial score (nSPS) is 11.0. The molecule has 0 unspecified atom stereocenters. The number of halogens is 1. The van der Waals surface area contributed by atoms with Gasteiger partial charge in [-0.25, -0.2) is 0 Å². The maximum atomic E-state index is 10.5. The highest BCUT2D eigenvalue weighted by molar-refractivity contribution is 9.10. The van der Waals surface area contributed by atoms with Gasteiger partial charge in [-0.3, -0.25) is 4.79 Å². The number of carbonyl (C=O) groups is 1. The van der Waals surface area contributed by atoms with Gasteiger partial charge in [-0.05, 0) is 44.0 Å². The van der Waals surface area contributed by atoms with Crippen LogP contribution in [0.3, 0.4) is 0 Å². The maximum absolute atomic E-state index is 10.5. The minimum absolute atomic E-state index is 0.267. The fraction of sp³-hybridized carbons (Fsp3) is 0.417. The van der Waals surface area contributed by atoms with Gasteiger partial charge < -0.3 is 10.1 Å². The monoisotopic (exact) mass is 285 g/mol. The third kappa shape index (κ3) is 3.52. The molecule has 0 fully saturated rings. The summed E-state index contributed by atoms with van der Waals surface area (Å²) >= 11 is 3.49. The van der Waals surface area contributed by atoms with E-state index in [0.717, 1.165) is 28.6 Å². The molecular formula is C12H16BrNO2. The Bertz CT molecular complexity index is 377. The van der Waals surface area contributed by atoms with Crippen LogP contribution in [0.5, 0.6) is 5.75 Å². The number of amides is 1. The van der Waals surface area contributed by atoms with Gasteiger partial charge in [-0.1, -0.05) is 15.9 Å². The molecule has 1 N–H and O–H groups in total. The van der Waals surface area contributed by atoms with Crippen LogP contribution in [0.25, 0.3) is 0 Å². The Balaban J connectivity index is 2.91. The molecule has 1 aromatic rings. The number of hydrogen-bond donors (Lipinski definition) is 1. The minimum atomic E-state index is -0.267. The van der Waals surface area contributed by atoms with Crippen molar-refractivity contribution in [3.8, 4) is 5.75 Å². The Morgan fingerprint density at radius 2 is 2.19 bits per heavy atom. The first-order valence-corrected chi connectivity index (χ1v) is 5.81. The highest BCUT2D eigenvalue weighted by Crippen LogP contribution is 2.25. The van der Waals surface area contributed by atoms with E-state index in [-0.39, 0.29) is 5.54 Å². The summed E-state index contributed by atoms with van der Waals surface area (Å²) in [6.45, 7) is 3.96. The number of hydrogen-bond acceptors (Lipinski definition) is 2. The first-order chi connectivity index (χ1) is 7.48. The summed E-state index contributed by atoms with van der Waals surface area (Å²) in [5, 5.41) is 2.79. The topological polar surface area (TPSA) is 38.3 Å². The van der Waals surface area contributed by atoms with Crippen LogP contribution in [0.15, 0.2) is 22.7 Å². The zero-order valence-corrected chi connectivity index (χ0v) is 11.3. The third-order valence-corrected chi connectivity index (χ3v) is 3.11. The highest BCUT2D eigenvalue weighted by atomic mass is 79.9. The zero-order chi connectivity index (χ0) is 12.2. The van der Waals surface area contributed by atoms with Crippen LogP contribution in [0.4, 0.5) is 0 Å². The number of methoxy groups -OCH3 is 1. The fourth-order valence-corrected chi connectivity index (χ4v) is 1.89. The molecule has 1 aromatic carbocycles. The highest BCUT2D eigenvalue weighted by Gasteiger charge is 2.18. The molecule has 0 bridgehead atoms. The first-order valence-electron chi connectivity index (χ1n) is 5.02. The van der Waals surface area contributed by atoms with Gasteiger partial charge in [0, 0.05) is 10.0 Å². The average Bonchev–Trinajstić information content (AvgIpc) is 2.21. The molecule has 0 radical (unpaired) electrons. The van der Waals surface area contributed by atoms with E-state index in [9.17, 15) is 4.79 Å². The van der Waals surface area contributed by atoms with Gasteiger partial charge in [0.25, 0.3) is 0 Å². The average molecular weight is 286 g/mol. The quantitative estimate of drug-likeness (QED) is 0.845. The van der Waals surface area contributed by atoms with E-state index < -0.39 is 0 Å². The molecule has 88 valence electrons. The molecule has 0 atom stereocenters. The van der Waals surface area contributed by atoms with Gasteiger partial charge in [0.05, 0.1) is 7.11 Å². The molecule has 0 spiro atoms. The van der Waals surface area contributed by atoms with Crippen molar-refractivity contribution < 1.29 is 9.53 Å². The van der Waals surface area contributed by atoms with E-state index in [2.05, 4.69) is 21.2 Å². The Kier molecular flexibility index (Phi) is 4.35. The van der Waals surface area contributed by atoms with E-state index in [1.807, 2.05) is 32.0 Å². The molecule has 1 amide bonds. The molecule has 3 nitrogen and oxygen atoms in total. The lowest BCUT2D eigenvalue weighted by molar-refractivity contribution is -0.110. The predicted octanol–water partition coefficient (Wildman–Crippen LogP) is 2.52. The lowest BCUT2D eigenvalue weighted by Crippen LogP contribution is -2.40. The molecule has 0 aliphatic heterocycles. The smallest absolute Gasteiger partial charge is 0.207 e. The predicted molar refractivity (Wildman–Crippen MR) is 67.7 cm³/mol. The lowest BCUT2D eigenvalue weighted by Gasteiger charge is -2.24. The second-order valence-electron chi connectivity index (χ2n) is 4.28. The summed E-state index contributed by atoms with van der Waals surface area (Å²) < 4.78 is 6.20. The van der Waals surface area contributed by atoms with Crippen LogP contribution in [-0.2, 0) is 11.2 Å². The second-order valence-corrected chi connectivity index (χ2v) is 5.13. The van der Waals surface area contributed by atoms with E-state index in [4.69, 9.17) is 4.74 Å². The van der Waals surface area contributed by atoms with Gasteiger partial charge in [-0.2, -0.15) is 0 Å². The van der Waals surface area contributed by atoms with Crippen molar-refractivity contribution in [2.75, 3.05) is 7.11 Å².